The minimum atomic E-state index is -0.537. The lowest BCUT2D eigenvalue weighted by Crippen LogP contribution is -2.46. The standard InChI is InChI=1S/C18H27NO4/c1-18(2,3)23-17(21)19-14(7-8-15(19)12-20)11-13-5-9-16(22-4)10-6-13/h5-6,9-10,14-15,20H,7-8,11-12H2,1-4H3/t14-,15+/m0/s1. The van der Waals surface area contributed by atoms with E-state index in [1.165, 1.54) is 0 Å². The van der Waals surface area contributed by atoms with E-state index in [2.05, 4.69) is 0 Å². The van der Waals surface area contributed by atoms with Gasteiger partial charge in [0.1, 0.15) is 11.4 Å². The predicted octanol–water partition coefficient (Wildman–Crippen LogP) is 3.00. The van der Waals surface area contributed by atoms with Crippen LogP contribution in [0.3, 0.4) is 0 Å². The molecule has 1 N–H and O–H groups in total. The summed E-state index contributed by atoms with van der Waals surface area (Å²) in [5.41, 5.74) is 0.604. The normalized spacial score (nSPS) is 21.3. The lowest BCUT2D eigenvalue weighted by Gasteiger charge is -2.32. The number of nitrogens with zero attached hydrogens (tertiary/aromatic N) is 1. The average Bonchev–Trinajstić information content (AvgIpc) is 2.89. The van der Waals surface area contributed by atoms with Crippen LogP contribution in [-0.2, 0) is 11.2 Å². The van der Waals surface area contributed by atoms with Crippen LogP contribution in [0.1, 0.15) is 39.2 Å². The van der Waals surface area contributed by atoms with Crippen molar-refractivity contribution in [3.05, 3.63) is 29.8 Å². The first kappa shape index (κ1) is 17.6. The van der Waals surface area contributed by atoms with Gasteiger partial charge in [-0.2, -0.15) is 0 Å². The fourth-order valence-electron chi connectivity index (χ4n) is 2.99. The predicted molar refractivity (Wildman–Crippen MR) is 88.7 cm³/mol. The molecule has 1 saturated heterocycles. The van der Waals surface area contributed by atoms with Gasteiger partial charge in [0.05, 0.1) is 19.8 Å². The van der Waals surface area contributed by atoms with Crippen LogP contribution in [-0.4, -0.2) is 47.5 Å². The molecule has 5 heteroatoms. The number of hydrogen-bond acceptors (Lipinski definition) is 4. The molecule has 0 spiro atoms. The van der Waals surface area contributed by atoms with Crippen molar-refractivity contribution in [3.8, 4) is 5.75 Å². The maximum absolute atomic E-state index is 12.5. The van der Waals surface area contributed by atoms with Crippen molar-refractivity contribution in [1.82, 2.24) is 4.90 Å². The molecule has 23 heavy (non-hydrogen) atoms. The fraction of sp³-hybridized carbons (Fsp3) is 0.611. The van der Waals surface area contributed by atoms with E-state index in [4.69, 9.17) is 9.47 Å². The fourth-order valence-corrected chi connectivity index (χ4v) is 2.99. The molecule has 0 bridgehead atoms. The van der Waals surface area contributed by atoms with E-state index in [1.807, 2.05) is 45.0 Å². The van der Waals surface area contributed by atoms with Crippen molar-refractivity contribution in [2.75, 3.05) is 13.7 Å². The monoisotopic (exact) mass is 321 g/mol. The van der Waals surface area contributed by atoms with Gasteiger partial charge in [0, 0.05) is 6.04 Å². The quantitative estimate of drug-likeness (QED) is 0.926. The van der Waals surface area contributed by atoms with Crippen LogP contribution in [0.15, 0.2) is 24.3 Å². The first-order valence-electron chi connectivity index (χ1n) is 8.09. The SMILES string of the molecule is COc1ccc(C[C@@H]2CC[C@H](CO)N2C(=O)OC(C)(C)C)cc1. The third-order valence-corrected chi connectivity index (χ3v) is 4.07. The van der Waals surface area contributed by atoms with Gasteiger partial charge in [0.25, 0.3) is 0 Å². The number of carbonyl (C=O) groups is 1. The zero-order valence-electron chi connectivity index (χ0n) is 14.4. The summed E-state index contributed by atoms with van der Waals surface area (Å²) < 4.78 is 10.7. The van der Waals surface area contributed by atoms with Gasteiger partial charge in [-0.1, -0.05) is 12.1 Å². The molecule has 128 valence electrons. The van der Waals surface area contributed by atoms with Crippen LogP contribution < -0.4 is 4.74 Å². The molecule has 1 fully saturated rings. The van der Waals surface area contributed by atoms with E-state index in [1.54, 1.807) is 12.0 Å². The second-order valence-electron chi connectivity index (χ2n) is 7.01. The smallest absolute Gasteiger partial charge is 0.410 e. The molecule has 1 aromatic carbocycles. The molecule has 0 unspecified atom stereocenters. The number of methoxy groups -OCH3 is 1. The molecule has 0 saturated carbocycles. The highest BCUT2D eigenvalue weighted by molar-refractivity contribution is 5.69. The molecule has 0 aromatic heterocycles. The molecule has 0 radical (unpaired) electrons. The van der Waals surface area contributed by atoms with E-state index in [-0.39, 0.29) is 24.8 Å². The molecule has 1 heterocycles. The van der Waals surface area contributed by atoms with Gasteiger partial charge >= 0.3 is 6.09 Å². The molecule has 1 amide bonds. The maximum Gasteiger partial charge on any atom is 0.410 e. The summed E-state index contributed by atoms with van der Waals surface area (Å²) in [7, 11) is 1.64. The molecule has 0 aliphatic carbocycles. The van der Waals surface area contributed by atoms with Crippen LogP contribution in [0.4, 0.5) is 4.79 Å². The lowest BCUT2D eigenvalue weighted by atomic mass is 10.0. The summed E-state index contributed by atoms with van der Waals surface area (Å²) in [6, 6.07) is 7.76. The molecule has 2 atom stereocenters. The Morgan fingerprint density at radius 3 is 2.35 bits per heavy atom. The van der Waals surface area contributed by atoms with E-state index >= 15 is 0 Å². The van der Waals surface area contributed by atoms with Gasteiger partial charge in [-0.25, -0.2) is 4.79 Å². The summed E-state index contributed by atoms with van der Waals surface area (Å²) in [6.45, 7) is 5.53. The third-order valence-electron chi connectivity index (χ3n) is 4.07. The molecule has 1 aromatic rings. The summed E-state index contributed by atoms with van der Waals surface area (Å²) in [5, 5.41) is 9.57. The highest BCUT2D eigenvalue weighted by atomic mass is 16.6. The Morgan fingerprint density at radius 1 is 1.22 bits per heavy atom. The second-order valence-corrected chi connectivity index (χ2v) is 7.01. The van der Waals surface area contributed by atoms with Crippen LogP contribution >= 0.6 is 0 Å². The first-order valence-corrected chi connectivity index (χ1v) is 8.09. The van der Waals surface area contributed by atoms with Crippen molar-refractivity contribution in [2.24, 2.45) is 0 Å². The Kier molecular flexibility index (Phi) is 5.52. The van der Waals surface area contributed by atoms with Crippen molar-refractivity contribution >= 4 is 6.09 Å². The average molecular weight is 321 g/mol. The minimum absolute atomic E-state index is 0.0294. The van der Waals surface area contributed by atoms with Gasteiger partial charge in [0.15, 0.2) is 0 Å². The number of aliphatic hydroxyl groups excluding tert-OH is 1. The Morgan fingerprint density at radius 2 is 1.83 bits per heavy atom. The number of hydrogen-bond donors (Lipinski definition) is 1. The van der Waals surface area contributed by atoms with Gasteiger partial charge in [-0.05, 0) is 57.7 Å². The van der Waals surface area contributed by atoms with E-state index in [9.17, 15) is 9.90 Å². The first-order chi connectivity index (χ1) is 10.8. The number of rotatable bonds is 4. The molecule has 1 aliphatic rings. The topological polar surface area (TPSA) is 59.0 Å². The van der Waals surface area contributed by atoms with E-state index in [0.717, 1.165) is 30.6 Å². The molecular formula is C18H27NO4. The highest BCUT2D eigenvalue weighted by Gasteiger charge is 2.38. The lowest BCUT2D eigenvalue weighted by molar-refractivity contribution is 0.00900. The summed E-state index contributed by atoms with van der Waals surface area (Å²) in [4.78, 5) is 14.2. The highest BCUT2D eigenvalue weighted by Crippen LogP contribution is 2.29. The number of benzene rings is 1. The van der Waals surface area contributed by atoms with Crippen molar-refractivity contribution in [3.63, 3.8) is 0 Å². The number of aliphatic hydroxyl groups is 1. The van der Waals surface area contributed by atoms with Gasteiger partial charge in [-0.3, -0.25) is 4.90 Å². The third kappa shape index (κ3) is 4.61. The van der Waals surface area contributed by atoms with Crippen LogP contribution in [0.25, 0.3) is 0 Å². The Hall–Kier alpha value is -1.75. The zero-order valence-corrected chi connectivity index (χ0v) is 14.4. The largest absolute Gasteiger partial charge is 0.497 e. The maximum atomic E-state index is 12.5. The summed E-state index contributed by atoms with van der Waals surface area (Å²) in [5.74, 6) is 0.817. The van der Waals surface area contributed by atoms with Gasteiger partial charge in [-0.15, -0.1) is 0 Å². The Labute approximate surface area is 138 Å². The van der Waals surface area contributed by atoms with E-state index in [0.29, 0.717) is 0 Å². The number of carbonyl (C=O) groups excluding carboxylic acids is 1. The van der Waals surface area contributed by atoms with Crippen molar-refractivity contribution < 1.29 is 19.4 Å². The van der Waals surface area contributed by atoms with Crippen LogP contribution in [0.5, 0.6) is 5.75 Å². The molecule has 5 nitrogen and oxygen atoms in total. The molecule has 1 aliphatic heterocycles. The number of amides is 1. The zero-order chi connectivity index (χ0) is 17.0. The second kappa shape index (κ2) is 7.21. The number of likely N-dealkylation sites (tertiary alicyclic amines) is 1. The van der Waals surface area contributed by atoms with Crippen molar-refractivity contribution in [1.29, 1.82) is 0 Å². The minimum Gasteiger partial charge on any atom is -0.497 e. The number of ether oxygens (including phenoxy) is 2. The van der Waals surface area contributed by atoms with Gasteiger partial charge in [0.2, 0.25) is 0 Å². The van der Waals surface area contributed by atoms with E-state index < -0.39 is 5.60 Å². The van der Waals surface area contributed by atoms with Gasteiger partial charge < -0.3 is 14.6 Å². The Bertz CT molecular complexity index is 521. The summed E-state index contributed by atoms with van der Waals surface area (Å²) in [6.07, 6.45) is 2.08. The molecular weight excluding hydrogens is 294 g/mol. The Balaban J connectivity index is 2.10. The van der Waals surface area contributed by atoms with Crippen LogP contribution in [0.2, 0.25) is 0 Å². The molecule has 2 rings (SSSR count). The van der Waals surface area contributed by atoms with Crippen molar-refractivity contribution in [2.45, 2.75) is 57.7 Å². The van der Waals surface area contributed by atoms with Crippen LogP contribution in [0, 0.1) is 0 Å². The summed E-state index contributed by atoms with van der Waals surface area (Å²) >= 11 is 0.